The van der Waals surface area contributed by atoms with E-state index in [2.05, 4.69) is 10.2 Å². The summed E-state index contributed by atoms with van der Waals surface area (Å²) in [7, 11) is 0. The van der Waals surface area contributed by atoms with E-state index in [0.29, 0.717) is 24.6 Å². The fourth-order valence-electron chi connectivity index (χ4n) is 5.58. The van der Waals surface area contributed by atoms with Crippen molar-refractivity contribution in [1.82, 2.24) is 10.2 Å². The number of likely N-dealkylation sites (tertiary alicyclic amines) is 1. The molecule has 7 heteroatoms. The second-order valence-electron chi connectivity index (χ2n) is 9.75. The van der Waals surface area contributed by atoms with Gasteiger partial charge in [0.05, 0.1) is 11.5 Å². The molecule has 0 radical (unpaired) electrons. The zero-order valence-electron chi connectivity index (χ0n) is 18.9. The number of carbonyl (C=O) groups excluding carboxylic acids is 1. The molecule has 0 aromatic heterocycles. The summed E-state index contributed by atoms with van der Waals surface area (Å²) in [4.78, 5) is 15.3. The van der Waals surface area contributed by atoms with Crippen molar-refractivity contribution in [2.75, 3.05) is 13.1 Å². The number of carbonyl (C=O) groups is 1. The van der Waals surface area contributed by atoms with E-state index < -0.39 is 17.6 Å². The maximum atomic E-state index is 13.6. The zero-order chi connectivity index (χ0) is 23.8. The molecule has 2 fully saturated rings. The van der Waals surface area contributed by atoms with Crippen LogP contribution < -0.4 is 5.32 Å². The van der Waals surface area contributed by atoms with Gasteiger partial charge in [0.15, 0.2) is 0 Å². The summed E-state index contributed by atoms with van der Waals surface area (Å²) in [6.45, 7) is 5.93. The maximum Gasteiger partial charge on any atom is 0.419 e. The summed E-state index contributed by atoms with van der Waals surface area (Å²) in [6.07, 6.45) is -2.80. The monoisotopic (exact) mass is 462 g/mol. The predicted molar refractivity (Wildman–Crippen MR) is 119 cm³/mol. The summed E-state index contributed by atoms with van der Waals surface area (Å²) in [5, 5.41) is 3.29. The number of nitrogens with zero attached hydrogens (tertiary/aromatic N) is 1. The second-order valence-corrected chi connectivity index (χ2v) is 9.75. The molecular formula is C26H30F4N2O. The van der Waals surface area contributed by atoms with Crippen LogP contribution in [-0.2, 0) is 17.5 Å². The van der Waals surface area contributed by atoms with Crippen molar-refractivity contribution in [1.29, 1.82) is 0 Å². The van der Waals surface area contributed by atoms with Crippen molar-refractivity contribution >= 4 is 5.91 Å². The number of halogens is 4. The molecular weight excluding hydrogens is 432 g/mol. The molecule has 2 aromatic carbocycles. The molecule has 178 valence electrons. The lowest BCUT2D eigenvalue weighted by Gasteiger charge is -2.26. The van der Waals surface area contributed by atoms with Crippen LogP contribution in [0.2, 0.25) is 0 Å². The Kier molecular flexibility index (Phi) is 6.80. The predicted octanol–water partition coefficient (Wildman–Crippen LogP) is 5.61. The van der Waals surface area contributed by atoms with E-state index in [1.54, 1.807) is 0 Å². The number of fused-ring (bicyclic) bond motifs is 1. The first-order valence-electron chi connectivity index (χ1n) is 11.6. The summed E-state index contributed by atoms with van der Waals surface area (Å²) >= 11 is 0. The molecule has 2 aromatic rings. The smallest absolute Gasteiger partial charge is 0.352 e. The highest BCUT2D eigenvalue weighted by atomic mass is 19.4. The molecule has 1 saturated carbocycles. The average Bonchev–Trinajstić information content (AvgIpc) is 3.30. The Morgan fingerprint density at radius 1 is 1.09 bits per heavy atom. The summed E-state index contributed by atoms with van der Waals surface area (Å²) in [5.74, 6) is -0.583. The molecule has 1 amide bonds. The van der Waals surface area contributed by atoms with Crippen LogP contribution in [-0.4, -0.2) is 29.9 Å². The van der Waals surface area contributed by atoms with Gasteiger partial charge in [0, 0.05) is 25.7 Å². The molecule has 3 nitrogen and oxygen atoms in total. The maximum absolute atomic E-state index is 13.6. The van der Waals surface area contributed by atoms with Gasteiger partial charge in [-0.1, -0.05) is 50.2 Å². The molecule has 1 saturated heterocycles. The molecule has 33 heavy (non-hydrogen) atoms. The number of hydrogen-bond acceptors (Lipinski definition) is 2. The van der Waals surface area contributed by atoms with Gasteiger partial charge in [0.2, 0.25) is 5.91 Å². The van der Waals surface area contributed by atoms with Gasteiger partial charge in [-0.05, 0) is 53.9 Å². The van der Waals surface area contributed by atoms with Crippen LogP contribution in [0.3, 0.4) is 0 Å². The van der Waals surface area contributed by atoms with Crippen molar-refractivity contribution in [2.24, 2.45) is 17.8 Å². The van der Waals surface area contributed by atoms with Gasteiger partial charge in [-0.25, -0.2) is 4.39 Å². The van der Waals surface area contributed by atoms with Crippen LogP contribution in [0.5, 0.6) is 0 Å². The molecule has 1 N–H and O–H groups in total. The Balaban J connectivity index is 1.40. The zero-order valence-corrected chi connectivity index (χ0v) is 18.9. The van der Waals surface area contributed by atoms with Gasteiger partial charge in [-0.2, -0.15) is 13.2 Å². The normalized spacial score (nSPS) is 24.2. The first-order valence-corrected chi connectivity index (χ1v) is 11.6. The summed E-state index contributed by atoms with van der Waals surface area (Å²) in [6, 6.07) is 13.1. The van der Waals surface area contributed by atoms with Crippen molar-refractivity contribution in [3.05, 3.63) is 71.0 Å². The minimum absolute atomic E-state index is 0.0358. The van der Waals surface area contributed by atoms with Crippen LogP contribution >= 0.6 is 0 Å². The van der Waals surface area contributed by atoms with Crippen LogP contribution in [0.4, 0.5) is 17.6 Å². The summed E-state index contributed by atoms with van der Waals surface area (Å²) in [5.41, 5.74) is 0.239. The molecule has 0 bridgehead atoms. The van der Waals surface area contributed by atoms with E-state index in [4.69, 9.17) is 0 Å². The van der Waals surface area contributed by atoms with E-state index in [9.17, 15) is 22.4 Å². The summed E-state index contributed by atoms with van der Waals surface area (Å²) < 4.78 is 52.8. The van der Waals surface area contributed by atoms with Gasteiger partial charge in [-0.3, -0.25) is 9.69 Å². The van der Waals surface area contributed by atoms with Crippen molar-refractivity contribution < 1.29 is 22.4 Å². The standard InChI is InChI=1S/C26H30F4N2O/c1-16(2)24(18-6-4-3-5-7-18)25(33)31-23-11-9-19-14-32(15-20(19)23)13-17-8-10-22(27)21(12-17)26(28,29)30/h3-8,10,12,16,19-20,23-24H,9,11,13-15H2,1-2H3,(H,31,33)/t19?,20-,23?,24?/m0/s1. The van der Waals surface area contributed by atoms with E-state index in [0.717, 1.165) is 37.1 Å². The minimum Gasteiger partial charge on any atom is -0.352 e. The van der Waals surface area contributed by atoms with E-state index in [-0.39, 0.29) is 29.7 Å². The third kappa shape index (κ3) is 5.24. The molecule has 1 aliphatic carbocycles. The second kappa shape index (κ2) is 9.45. The Hall–Kier alpha value is -2.41. The third-order valence-electron chi connectivity index (χ3n) is 7.11. The highest BCUT2D eigenvalue weighted by Crippen LogP contribution is 2.40. The highest BCUT2D eigenvalue weighted by Gasteiger charge is 2.44. The van der Waals surface area contributed by atoms with Gasteiger partial charge in [0.1, 0.15) is 5.82 Å². The quantitative estimate of drug-likeness (QED) is 0.566. The van der Waals surface area contributed by atoms with Gasteiger partial charge in [0.25, 0.3) is 0 Å². The fraction of sp³-hybridized carbons (Fsp3) is 0.500. The number of amides is 1. The molecule has 0 spiro atoms. The lowest BCUT2D eigenvalue weighted by Crippen LogP contribution is -2.43. The number of alkyl halides is 3. The van der Waals surface area contributed by atoms with Crippen LogP contribution in [0.25, 0.3) is 0 Å². The van der Waals surface area contributed by atoms with Gasteiger partial charge < -0.3 is 5.32 Å². The first-order chi connectivity index (χ1) is 15.6. The van der Waals surface area contributed by atoms with E-state index in [1.807, 2.05) is 44.2 Å². The largest absolute Gasteiger partial charge is 0.419 e. The number of benzene rings is 2. The Morgan fingerprint density at radius 2 is 1.82 bits per heavy atom. The molecule has 1 heterocycles. The molecule has 1 aliphatic heterocycles. The first kappa shape index (κ1) is 23.7. The topological polar surface area (TPSA) is 32.3 Å². The lowest BCUT2D eigenvalue weighted by atomic mass is 9.87. The fourth-order valence-corrected chi connectivity index (χ4v) is 5.58. The van der Waals surface area contributed by atoms with Crippen molar-refractivity contribution in [3.63, 3.8) is 0 Å². The van der Waals surface area contributed by atoms with E-state index >= 15 is 0 Å². The number of hydrogen-bond donors (Lipinski definition) is 1. The van der Waals surface area contributed by atoms with E-state index in [1.165, 1.54) is 6.07 Å². The SMILES string of the molecule is CC(C)C(C(=O)NC1CCC2CN(Cc3ccc(F)c(C(F)(F)F)c3)C[C@@H]21)c1ccccc1. The molecule has 3 unspecified atom stereocenters. The molecule has 2 aliphatic rings. The van der Waals surface area contributed by atoms with Gasteiger partial charge in [-0.15, -0.1) is 0 Å². The Bertz CT molecular complexity index is 976. The molecule has 4 atom stereocenters. The van der Waals surface area contributed by atoms with Gasteiger partial charge >= 0.3 is 6.18 Å². The lowest BCUT2D eigenvalue weighted by molar-refractivity contribution is -0.140. The van der Waals surface area contributed by atoms with Crippen LogP contribution in [0, 0.1) is 23.6 Å². The van der Waals surface area contributed by atoms with Crippen molar-refractivity contribution in [2.45, 2.75) is 51.4 Å². The third-order valence-corrected chi connectivity index (χ3v) is 7.11. The highest BCUT2D eigenvalue weighted by molar-refractivity contribution is 5.84. The average molecular weight is 463 g/mol. The minimum atomic E-state index is -4.71. The molecule has 4 rings (SSSR count). The van der Waals surface area contributed by atoms with Crippen molar-refractivity contribution in [3.8, 4) is 0 Å². The Morgan fingerprint density at radius 3 is 2.48 bits per heavy atom. The Labute approximate surface area is 192 Å². The number of nitrogens with one attached hydrogen (secondary N) is 1. The number of rotatable bonds is 6. The van der Waals surface area contributed by atoms with Crippen LogP contribution in [0.15, 0.2) is 48.5 Å². The van der Waals surface area contributed by atoms with Crippen LogP contribution in [0.1, 0.15) is 49.3 Å².